The van der Waals surface area contributed by atoms with Crippen LogP contribution < -0.4 is 0 Å². The van der Waals surface area contributed by atoms with Gasteiger partial charge in [0.15, 0.2) is 0 Å². The minimum absolute atomic E-state index is 0.00326. The van der Waals surface area contributed by atoms with Crippen LogP contribution in [0.15, 0.2) is 111 Å². The van der Waals surface area contributed by atoms with Crippen LogP contribution in [0, 0.1) is 129 Å². The van der Waals surface area contributed by atoms with E-state index in [-0.39, 0.29) is 22.2 Å². The molecule has 1 aromatic carbocycles. The molecule has 10 saturated carbocycles. The zero-order valence-corrected chi connectivity index (χ0v) is 31.2. The first-order chi connectivity index (χ1) is 26.7. The summed E-state index contributed by atoms with van der Waals surface area (Å²) in [7, 11) is 1.59. The predicted octanol–water partition coefficient (Wildman–Crippen LogP) is 9.21. The van der Waals surface area contributed by atoms with Gasteiger partial charge in [-0.25, -0.2) is 0 Å². The summed E-state index contributed by atoms with van der Waals surface area (Å²) in [6.07, 6.45) is 25.4. The molecule has 0 bridgehead atoms. The second-order valence-electron chi connectivity index (χ2n) is 22.4. The number of ether oxygens (including phenoxy) is 1. The van der Waals surface area contributed by atoms with Crippen molar-refractivity contribution in [3.8, 4) is 0 Å². The Morgan fingerprint density at radius 3 is 2.43 bits per heavy atom. The van der Waals surface area contributed by atoms with Gasteiger partial charge in [0.25, 0.3) is 0 Å². The number of fused-ring (bicyclic) bond motifs is 3. The predicted molar refractivity (Wildman–Crippen MR) is 203 cm³/mol. The van der Waals surface area contributed by atoms with Crippen molar-refractivity contribution in [1.82, 2.24) is 0 Å². The van der Waals surface area contributed by atoms with E-state index in [2.05, 4.69) is 77.9 Å². The van der Waals surface area contributed by atoms with Crippen molar-refractivity contribution in [2.24, 2.45) is 129 Å². The highest BCUT2D eigenvalue weighted by Gasteiger charge is 3.00. The van der Waals surface area contributed by atoms with E-state index >= 15 is 0 Å². The lowest BCUT2D eigenvalue weighted by atomic mass is 9.43. The SMILES string of the molecule is COC(=O)CCCC1(c2ccccc2)C23C4=C5C=CC6C7C5=C2C2C5=C7C7C6C=CC6C8CCC9C%10CCC%11=C(C=C4)C31C1C%11C%10C3C9C8C(C5C3C21)C67. The topological polar surface area (TPSA) is 26.3 Å². The largest absolute Gasteiger partial charge is 0.469 e. The Hall–Kier alpha value is -3.13. The molecule has 2 spiro atoms. The van der Waals surface area contributed by atoms with E-state index in [0.717, 1.165) is 108 Å². The van der Waals surface area contributed by atoms with Crippen LogP contribution in [0.2, 0.25) is 0 Å². The van der Waals surface area contributed by atoms with Crippen LogP contribution in [0.4, 0.5) is 0 Å². The molecule has 2 nitrogen and oxygen atoms in total. The molecule has 268 valence electrons. The Kier molecular flexibility index (Phi) is 3.95. The van der Waals surface area contributed by atoms with Crippen molar-refractivity contribution in [3.63, 3.8) is 0 Å². The molecule has 54 heavy (non-hydrogen) atoms. The molecule has 0 radical (unpaired) electrons. The monoisotopic (exact) mass is 704 g/mol. The number of benzene rings is 1. The van der Waals surface area contributed by atoms with Gasteiger partial charge in [0.1, 0.15) is 0 Å². The molecular weight excluding hydrogens is 657 g/mol. The molecule has 1 aromatic rings. The smallest absolute Gasteiger partial charge is 0.305 e. The van der Waals surface area contributed by atoms with E-state index in [1.54, 1.807) is 36.7 Å². The molecule has 0 aromatic heterocycles. The van der Waals surface area contributed by atoms with Crippen molar-refractivity contribution >= 4 is 5.97 Å². The number of allylic oxidation sites excluding steroid dienone is 14. The van der Waals surface area contributed by atoms with E-state index < -0.39 is 0 Å². The summed E-state index contributed by atoms with van der Waals surface area (Å²) in [5.41, 5.74) is 17.2. The zero-order valence-electron chi connectivity index (χ0n) is 31.2. The number of carbonyl (C=O) groups excluding carboxylic acids is 1. The Balaban J connectivity index is 1.03. The van der Waals surface area contributed by atoms with E-state index in [1.807, 2.05) is 22.3 Å². The summed E-state index contributed by atoms with van der Waals surface area (Å²) in [5.74, 6) is 17.4. The van der Waals surface area contributed by atoms with Gasteiger partial charge in [-0.3, -0.25) is 4.79 Å². The van der Waals surface area contributed by atoms with Crippen molar-refractivity contribution in [2.45, 2.75) is 50.4 Å². The summed E-state index contributed by atoms with van der Waals surface area (Å²) in [5, 5.41) is 0. The molecule has 17 aliphatic rings. The summed E-state index contributed by atoms with van der Waals surface area (Å²) in [6, 6.07) is 12.1. The minimum Gasteiger partial charge on any atom is -0.469 e. The maximum atomic E-state index is 13.0. The number of esters is 1. The highest BCUT2D eigenvalue weighted by Crippen LogP contribution is 3.03. The summed E-state index contributed by atoms with van der Waals surface area (Å²) in [4.78, 5) is 13.0. The average Bonchev–Trinajstić information content (AvgIpc) is 3.86. The van der Waals surface area contributed by atoms with Crippen LogP contribution in [0.5, 0.6) is 0 Å². The van der Waals surface area contributed by atoms with Gasteiger partial charge < -0.3 is 4.74 Å². The molecule has 0 aliphatic heterocycles. The van der Waals surface area contributed by atoms with Gasteiger partial charge in [-0.2, -0.15) is 0 Å². The Bertz CT molecular complexity index is 2450. The highest BCUT2D eigenvalue weighted by molar-refractivity contribution is 5.86. The first-order valence-corrected chi connectivity index (χ1v) is 22.9. The summed E-state index contributed by atoms with van der Waals surface area (Å²) >= 11 is 0. The minimum atomic E-state index is -0.0256. The third-order valence-corrected chi connectivity index (χ3v) is 23.2. The molecule has 0 amide bonds. The molecule has 2 heteroatoms. The maximum absolute atomic E-state index is 13.0. The molecule has 0 saturated heterocycles. The van der Waals surface area contributed by atoms with Crippen molar-refractivity contribution < 1.29 is 9.53 Å². The van der Waals surface area contributed by atoms with Crippen LogP contribution in [-0.4, -0.2) is 13.1 Å². The van der Waals surface area contributed by atoms with E-state index in [4.69, 9.17) is 4.74 Å². The lowest BCUT2D eigenvalue weighted by Gasteiger charge is -2.60. The normalized spacial score (nSPS) is 61.9. The van der Waals surface area contributed by atoms with Crippen LogP contribution >= 0.6 is 0 Å². The second-order valence-corrected chi connectivity index (χ2v) is 22.4. The lowest BCUT2D eigenvalue weighted by molar-refractivity contribution is -0.140. The van der Waals surface area contributed by atoms with Gasteiger partial charge in [-0.15, -0.1) is 0 Å². The standard InChI is InChI=1S/C52H48O2/c1-54-31(53)8-5-19-50(20-6-3-2-4-7-20)51-29-17-18-30-28-16-14-26-24-12-10-22-21-9-11-23-25-13-15-27(29)38-36(25)41-34(23)32(21)40-33(22)35(24)42-37(26)39(28)49(52(30,50)51)47-45(42)43(40)44(41)46(47)48(38)51/h2-4,6-7,9,11,13,15,17-18,21-26,32-37,39-40,42-43,45-47,49H,5,8,10,12,14,16,19H2,1H3. The molecule has 0 heterocycles. The molecule has 0 N–H and O–H groups in total. The first kappa shape index (κ1) is 27.5. The molecule has 18 rings (SSSR count). The van der Waals surface area contributed by atoms with Crippen molar-refractivity contribution in [3.05, 3.63) is 117 Å². The van der Waals surface area contributed by atoms with E-state index in [0.29, 0.717) is 30.1 Å². The van der Waals surface area contributed by atoms with Gasteiger partial charge in [0, 0.05) is 34.5 Å². The quantitative estimate of drug-likeness (QED) is 0.226. The van der Waals surface area contributed by atoms with E-state index in [9.17, 15) is 4.79 Å². The average molecular weight is 705 g/mol. The molecule has 23 atom stereocenters. The number of rotatable bonds is 5. The second kappa shape index (κ2) is 7.76. The van der Waals surface area contributed by atoms with Gasteiger partial charge in [-0.05, 0) is 178 Å². The van der Waals surface area contributed by atoms with Crippen LogP contribution in [-0.2, 0) is 14.9 Å². The maximum Gasteiger partial charge on any atom is 0.305 e. The fourth-order valence-corrected chi connectivity index (χ4v) is 24.0. The molecular formula is C52H48O2. The highest BCUT2D eigenvalue weighted by atomic mass is 16.5. The van der Waals surface area contributed by atoms with Gasteiger partial charge in [0.05, 0.1) is 7.11 Å². The third-order valence-electron chi connectivity index (χ3n) is 23.2. The third kappa shape index (κ3) is 2.05. The Labute approximate surface area is 318 Å². The van der Waals surface area contributed by atoms with Gasteiger partial charge in [-0.1, -0.05) is 83.5 Å². The fraction of sp³-hybridized carbons (Fsp3) is 0.596. The lowest BCUT2D eigenvalue weighted by Crippen LogP contribution is -2.57. The van der Waals surface area contributed by atoms with Crippen molar-refractivity contribution in [2.75, 3.05) is 7.11 Å². The fourth-order valence-electron chi connectivity index (χ4n) is 24.0. The Morgan fingerprint density at radius 1 is 0.722 bits per heavy atom. The molecule has 23 unspecified atom stereocenters. The van der Waals surface area contributed by atoms with Crippen LogP contribution in [0.3, 0.4) is 0 Å². The van der Waals surface area contributed by atoms with Gasteiger partial charge >= 0.3 is 5.97 Å². The summed E-state index contributed by atoms with van der Waals surface area (Å²) < 4.78 is 5.36. The first-order valence-electron chi connectivity index (χ1n) is 22.9. The number of methoxy groups -OCH3 is 1. The van der Waals surface area contributed by atoms with Gasteiger partial charge in [0.2, 0.25) is 0 Å². The number of carbonyl (C=O) groups is 1. The zero-order chi connectivity index (χ0) is 34.3. The van der Waals surface area contributed by atoms with E-state index in [1.165, 1.54) is 12.8 Å². The molecule has 10 fully saturated rings. The van der Waals surface area contributed by atoms with Crippen LogP contribution in [0.25, 0.3) is 0 Å². The summed E-state index contributed by atoms with van der Waals surface area (Å²) in [6.45, 7) is 0. The molecule has 17 aliphatic carbocycles. The number of hydrogen-bond acceptors (Lipinski definition) is 2. The van der Waals surface area contributed by atoms with Crippen molar-refractivity contribution in [1.29, 1.82) is 0 Å². The van der Waals surface area contributed by atoms with Crippen LogP contribution in [0.1, 0.15) is 50.5 Å². The Morgan fingerprint density at radius 2 is 1.52 bits per heavy atom. The number of hydrogen-bond donors (Lipinski definition) is 0.